The van der Waals surface area contributed by atoms with Crippen LogP contribution in [0, 0.1) is 17.0 Å². The molecule has 0 saturated heterocycles. The minimum absolute atomic E-state index is 0.0294. The van der Waals surface area contributed by atoms with Crippen LogP contribution in [0.15, 0.2) is 85.3 Å². The van der Waals surface area contributed by atoms with E-state index in [-0.39, 0.29) is 56.4 Å². The maximum atomic E-state index is 15.4. The summed E-state index contributed by atoms with van der Waals surface area (Å²) in [4.78, 5) is 137. The van der Waals surface area contributed by atoms with Crippen LogP contribution in [0.2, 0.25) is 0 Å². The van der Waals surface area contributed by atoms with Crippen LogP contribution in [0.5, 0.6) is 0 Å². The Balaban J connectivity index is 1.65. The van der Waals surface area contributed by atoms with E-state index in [1.165, 1.54) is 38.2 Å². The molecule has 5 atom stereocenters. The van der Waals surface area contributed by atoms with Crippen LogP contribution in [0.4, 0.5) is 8.78 Å². The van der Waals surface area contributed by atoms with Crippen LogP contribution in [-0.4, -0.2) is 146 Å². The molecule has 0 bridgehead atoms. The fourth-order valence-corrected chi connectivity index (χ4v) is 8.54. The lowest BCUT2D eigenvalue weighted by Crippen LogP contribution is -2.58. The molecule has 0 spiro atoms. The molecule has 2 heterocycles. The topological polar surface area (TPSA) is 322 Å². The van der Waals surface area contributed by atoms with E-state index in [1.807, 2.05) is 30.3 Å². The lowest BCUT2D eigenvalue weighted by molar-refractivity contribution is -0.142. The van der Waals surface area contributed by atoms with Gasteiger partial charge >= 0.3 is 5.97 Å². The van der Waals surface area contributed by atoms with E-state index in [4.69, 9.17) is 10.8 Å². The summed E-state index contributed by atoms with van der Waals surface area (Å²) in [7, 11) is 1.29. The van der Waals surface area contributed by atoms with Gasteiger partial charge in [-0.05, 0) is 79.6 Å². The molecule has 22 nitrogen and oxygen atoms in total. The first kappa shape index (κ1) is 63.1. The van der Waals surface area contributed by atoms with Crippen LogP contribution < -0.4 is 32.3 Å². The molecule has 8 amide bonds. The van der Waals surface area contributed by atoms with Crippen molar-refractivity contribution in [3.8, 4) is 11.1 Å². The number of Topliss-reactive ketones (excluding diaryl/α,β-unsaturated/α-hetero) is 1. The van der Waals surface area contributed by atoms with Gasteiger partial charge in [0.1, 0.15) is 42.4 Å². The minimum atomic E-state index is -1.74. The Labute approximate surface area is 456 Å². The first-order valence-electron chi connectivity index (χ1n) is 25.5. The van der Waals surface area contributed by atoms with Gasteiger partial charge in [0, 0.05) is 74.9 Å². The summed E-state index contributed by atoms with van der Waals surface area (Å²) in [6, 6.07) is 10.3. The normalized spacial score (nSPS) is 13.1. The van der Waals surface area contributed by atoms with Crippen molar-refractivity contribution in [2.75, 3.05) is 33.3 Å². The van der Waals surface area contributed by atoms with E-state index in [9.17, 15) is 57.4 Å². The van der Waals surface area contributed by atoms with Gasteiger partial charge in [-0.15, -0.1) is 0 Å². The fraction of sp³-hybridized carbons (Fsp3) is 0.436. The first-order valence-corrected chi connectivity index (χ1v) is 25.5. The smallest absolute Gasteiger partial charge is 0.303 e. The zero-order valence-electron chi connectivity index (χ0n) is 45.1. The van der Waals surface area contributed by atoms with Gasteiger partial charge in [-0.3, -0.25) is 52.9 Å². The number of nitrogens with one attached hydrogen (secondary N) is 5. The molecule has 2 aromatic carbocycles. The first-order chi connectivity index (χ1) is 37.3. The average Bonchev–Trinajstić information content (AvgIpc) is 3.95. The lowest BCUT2D eigenvalue weighted by atomic mass is 9.82. The van der Waals surface area contributed by atoms with Crippen LogP contribution >= 0.6 is 0 Å². The maximum absolute atomic E-state index is 15.4. The zero-order valence-corrected chi connectivity index (χ0v) is 45.1. The van der Waals surface area contributed by atoms with Gasteiger partial charge in [-0.1, -0.05) is 51.1 Å². The fourth-order valence-electron chi connectivity index (χ4n) is 8.54. The number of aromatic nitrogens is 2. The number of aliphatic hydroxyl groups excluding tert-OH is 1. The number of carbonyl (C=O) groups is 10. The second kappa shape index (κ2) is 29.9. The molecule has 9 N–H and O–H groups in total. The third-order valence-corrected chi connectivity index (χ3v) is 12.7. The van der Waals surface area contributed by atoms with Crippen molar-refractivity contribution >= 4 is 59.0 Å². The molecule has 0 aliphatic heterocycles. The zero-order chi connectivity index (χ0) is 58.6. The Morgan fingerprint density at radius 3 is 2.09 bits per heavy atom. The van der Waals surface area contributed by atoms with Gasteiger partial charge in [0.15, 0.2) is 5.78 Å². The van der Waals surface area contributed by atoms with E-state index in [0.717, 1.165) is 28.7 Å². The number of halogens is 2. The molecule has 426 valence electrons. The summed E-state index contributed by atoms with van der Waals surface area (Å²) >= 11 is 0. The number of hydrogen-bond donors (Lipinski definition) is 8. The van der Waals surface area contributed by atoms with Gasteiger partial charge in [0.25, 0.3) is 0 Å². The van der Waals surface area contributed by atoms with Gasteiger partial charge < -0.3 is 56.9 Å². The predicted octanol–water partition coefficient (Wildman–Crippen LogP) is 2.06. The van der Waals surface area contributed by atoms with E-state index in [0.29, 0.717) is 11.3 Å². The van der Waals surface area contributed by atoms with Crippen molar-refractivity contribution in [2.45, 2.75) is 116 Å². The summed E-state index contributed by atoms with van der Waals surface area (Å²) in [6.45, 7) is 6.39. The Hall–Kier alpha value is -8.41. The van der Waals surface area contributed by atoms with Crippen molar-refractivity contribution in [3.63, 3.8) is 0 Å². The standard InChI is InChI=1S/C55H70F2N10O12/c1-33(62-47(72)25-35-18-22-59-23-19-35)54(79)65(6)34(2)51(76)64-43(28-45(58)70)53(78)63-42(52(77)60-21-10-13-39(69)29-61-46(71)16-17-49(74)75)20-24-67(48(73)32-68)50(55(3,4)5)44-26-37(40-27-38(56)14-15-41(40)57)31-66(44)30-36-11-8-7-9-12-36/h7-9,11-12,14-15,18-19,22-23,26-27,31,33-34,42-43,50,68H,10,13,16-17,20-21,24-25,28-30,32H2,1-6H3,(H2,58,70)(H,60,77)(H,61,71)(H,62,72)(H,63,78)(H,64,76)(H,74,75)/t33-,34-,42-,43-,50-/m0/s1. The average molecular weight is 1100 g/mol. The number of carboxylic acids is 1. The monoisotopic (exact) mass is 1100 g/mol. The van der Waals surface area contributed by atoms with Gasteiger partial charge in [-0.25, -0.2) is 8.78 Å². The van der Waals surface area contributed by atoms with Crippen LogP contribution in [-0.2, 0) is 60.9 Å². The Bertz CT molecular complexity index is 2810. The van der Waals surface area contributed by atoms with Crippen LogP contribution in [0.3, 0.4) is 0 Å². The summed E-state index contributed by atoms with van der Waals surface area (Å²) < 4.78 is 31.8. The number of ketones is 1. The molecular weight excluding hydrogens is 1030 g/mol. The second-order valence-electron chi connectivity index (χ2n) is 20.0. The van der Waals surface area contributed by atoms with Crippen LogP contribution in [0.25, 0.3) is 11.1 Å². The molecule has 0 aliphatic carbocycles. The number of pyridine rings is 1. The number of amides is 8. The van der Waals surface area contributed by atoms with Crippen molar-refractivity contribution < 1.29 is 66.9 Å². The Morgan fingerprint density at radius 2 is 1.46 bits per heavy atom. The quantitative estimate of drug-likeness (QED) is 0.0347. The SMILES string of the molecule is C[C@H](NC(=O)Cc1ccncc1)C(=O)N(C)[C@@H](C)C(=O)N[C@@H](CC(N)=O)C(=O)N[C@@H](CCN(C(=O)CO)[C@@H](c1cc(-c2cc(F)ccc2F)cn1Cc1ccccc1)C(C)(C)C)C(=O)NCCCC(=O)CNC(=O)CCC(=O)O. The Kier molecular flexibility index (Phi) is 23.9. The molecule has 4 aromatic rings. The number of nitrogens with zero attached hydrogens (tertiary/aromatic N) is 4. The number of aliphatic carboxylic acids is 1. The number of carbonyl (C=O) groups excluding carboxylic acids is 9. The Morgan fingerprint density at radius 1 is 0.785 bits per heavy atom. The minimum Gasteiger partial charge on any atom is -0.481 e. The number of nitrogens with two attached hydrogens (primary N) is 1. The number of primary amides is 1. The molecule has 4 rings (SSSR count). The second-order valence-corrected chi connectivity index (χ2v) is 20.0. The van der Waals surface area contributed by atoms with Gasteiger partial charge in [0.2, 0.25) is 47.3 Å². The highest BCUT2D eigenvalue weighted by atomic mass is 19.1. The number of likely N-dealkylation sites (N-methyl/N-ethyl adjacent to an activating group) is 1. The molecular formula is C55H70F2N10O12. The molecule has 79 heavy (non-hydrogen) atoms. The van der Waals surface area contributed by atoms with Crippen LogP contribution in [0.1, 0.15) is 96.0 Å². The van der Waals surface area contributed by atoms with Gasteiger partial charge in [0.05, 0.1) is 31.8 Å². The number of benzene rings is 2. The van der Waals surface area contributed by atoms with E-state index < -0.39 is 139 Å². The molecule has 0 radical (unpaired) electrons. The lowest BCUT2D eigenvalue weighted by Gasteiger charge is -2.41. The third kappa shape index (κ3) is 19.8. The van der Waals surface area contributed by atoms with Crippen molar-refractivity contribution in [1.82, 2.24) is 45.9 Å². The summed E-state index contributed by atoms with van der Waals surface area (Å²) in [5, 5.41) is 31.8. The highest BCUT2D eigenvalue weighted by molar-refractivity contribution is 5.97. The summed E-state index contributed by atoms with van der Waals surface area (Å²) in [5.74, 6) is -9.61. The maximum Gasteiger partial charge on any atom is 0.303 e. The van der Waals surface area contributed by atoms with Crippen molar-refractivity contribution in [1.29, 1.82) is 0 Å². The molecule has 0 unspecified atom stereocenters. The largest absolute Gasteiger partial charge is 0.481 e. The van der Waals surface area contributed by atoms with E-state index in [1.54, 1.807) is 49.7 Å². The summed E-state index contributed by atoms with van der Waals surface area (Å²) in [6.07, 6.45) is 2.50. The van der Waals surface area contributed by atoms with E-state index in [2.05, 4.69) is 31.6 Å². The molecule has 24 heteroatoms. The molecule has 0 aliphatic rings. The van der Waals surface area contributed by atoms with E-state index >= 15 is 4.39 Å². The third-order valence-electron chi connectivity index (χ3n) is 12.7. The van der Waals surface area contributed by atoms with Crippen molar-refractivity contribution in [3.05, 3.63) is 114 Å². The number of rotatable bonds is 30. The molecule has 0 saturated carbocycles. The number of aliphatic hydroxyl groups is 1. The highest BCUT2D eigenvalue weighted by Crippen LogP contribution is 2.41. The predicted molar refractivity (Wildman–Crippen MR) is 284 cm³/mol. The highest BCUT2D eigenvalue weighted by Gasteiger charge is 2.39. The number of carboxylic acid groups (broad SMARTS) is 1. The van der Waals surface area contributed by atoms with Gasteiger partial charge in [-0.2, -0.15) is 0 Å². The van der Waals surface area contributed by atoms with Crippen molar-refractivity contribution in [2.24, 2.45) is 11.1 Å². The summed E-state index contributed by atoms with van der Waals surface area (Å²) in [5.41, 5.74) is 6.72. The molecule has 0 fully saturated rings. The number of hydrogen-bond acceptors (Lipinski definition) is 12. The molecule has 2 aromatic heterocycles.